The van der Waals surface area contributed by atoms with Gasteiger partial charge in [0.25, 0.3) is 0 Å². The number of rotatable bonds is 3. The van der Waals surface area contributed by atoms with Crippen LogP contribution in [0.2, 0.25) is 0 Å². The highest BCUT2D eigenvalue weighted by molar-refractivity contribution is 6.20. The van der Waals surface area contributed by atoms with E-state index < -0.39 is 0 Å². The van der Waals surface area contributed by atoms with E-state index in [9.17, 15) is 0 Å². The summed E-state index contributed by atoms with van der Waals surface area (Å²) in [5.41, 5.74) is 15.8. The van der Waals surface area contributed by atoms with E-state index >= 15 is 0 Å². The molecule has 12 rings (SSSR count). The Morgan fingerprint density at radius 2 is 1.08 bits per heavy atom. The Morgan fingerprint density at radius 1 is 0.365 bits per heavy atom. The number of hydrogen-bond donors (Lipinski definition) is 0. The predicted molar refractivity (Wildman–Crippen MR) is 218 cm³/mol. The maximum Gasteiger partial charge on any atom is 0.0714 e. The zero-order chi connectivity index (χ0) is 33.9. The smallest absolute Gasteiger partial charge is 0.0714 e. The van der Waals surface area contributed by atoms with E-state index in [2.05, 4.69) is 184 Å². The van der Waals surface area contributed by atoms with Crippen LogP contribution in [0.4, 0.5) is 0 Å². The minimum Gasteiger partial charge on any atom is -0.309 e. The number of hydrogen-bond acceptors (Lipinski definition) is 1. The van der Waals surface area contributed by atoms with Gasteiger partial charge in [-0.15, -0.1) is 0 Å². The van der Waals surface area contributed by atoms with E-state index in [4.69, 9.17) is 0 Å². The van der Waals surface area contributed by atoms with E-state index in [-0.39, 0.29) is 0 Å². The van der Waals surface area contributed by atoms with Crippen LogP contribution in [0, 0.1) is 0 Å². The van der Waals surface area contributed by atoms with Crippen molar-refractivity contribution in [1.82, 2.24) is 14.1 Å². The molecule has 0 spiro atoms. The summed E-state index contributed by atoms with van der Waals surface area (Å²) < 4.78 is 4.86. The Morgan fingerprint density at radius 3 is 1.94 bits per heavy atom. The molecule has 3 aromatic heterocycles. The molecule has 0 aliphatic heterocycles. The Balaban J connectivity index is 1.06. The summed E-state index contributed by atoms with van der Waals surface area (Å²) in [5, 5.41) is 8.79. The van der Waals surface area contributed by atoms with Crippen LogP contribution in [-0.4, -0.2) is 14.1 Å². The van der Waals surface area contributed by atoms with E-state index in [1.165, 1.54) is 98.8 Å². The van der Waals surface area contributed by atoms with E-state index in [1.54, 1.807) is 0 Å². The molecule has 0 atom stereocenters. The lowest BCUT2D eigenvalue weighted by molar-refractivity contribution is 1.18. The maximum atomic E-state index is 4.67. The molecular weight excluding hydrogens is 631 g/mol. The van der Waals surface area contributed by atoms with Gasteiger partial charge in [-0.3, -0.25) is 4.98 Å². The van der Waals surface area contributed by atoms with Crippen molar-refractivity contribution in [3.8, 4) is 44.8 Å². The van der Waals surface area contributed by atoms with Crippen LogP contribution in [0.3, 0.4) is 0 Å². The van der Waals surface area contributed by atoms with Crippen LogP contribution in [0.15, 0.2) is 176 Å². The standard InChI is InChI=1S/C49H29N3/c1-2-10-33(11-3-1)52-47-24-19-32(28-43(47)40-21-17-30-9-4-5-12-35(30)49(40)52)31-18-23-46-42(27-31)37-13-6-7-16-45(37)51(46)34-20-22-36-38-14-8-15-44-48(38)39(25-26-50-44)41(36)29-34/h1-29H. The second kappa shape index (κ2) is 10.3. The second-order valence-corrected chi connectivity index (χ2v) is 14.0. The summed E-state index contributed by atoms with van der Waals surface area (Å²) in [4.78, 5) is 4.67. The first kappa shape index (κ1) is 27.8. The molecule has 3 heteroatoms. The fourth-order valence-electron chi connectivity index (χ4n) is 9.02. The molecule has 3 heterocycles. The molecule has 11 aromatic rings. The lowest BCUT2D eigenvalue weighted by atomic mass is 10.00. The molecule has 1 aliphatic carbocycles. The van der Waals surface area contributed by atoms with E-state index in [1.807, 2.05) is 6.20 Å². The van der Waals surface area contributed by atoms with Gasteiger partial charge in [0.1, 0.15) is 0 Å². The van der Waals surface area contributed by atoms with Crippen molar-refractivity contribution < 1.29 is 0 Å². The Hall–Kier alpha value is -6.97. The fraction of sp³-hybridized carbons (Fsp3) is 0. The van der Waals surface area contributed by atoms with Crippen molar-refractivity contribution in [1.29, 1.82) is 0 Å². The number of pyridine rings is 1. The Labute approximate surface area is 299 Å². The average molecular weight is 660 g/mol. The zero-order valence-corrected chi connectivity index (χ0v) is 28.1. The second-order valence-electron chi connectivity index (χ2n) is 14.0. The Kier molecular flexibility index (Phi) is 5.50. The number of fused-ring (bicyclic) bond motifs is 11. The fourth-order valence-corrected chi connectivity index (χ4v) is 9.02. The van der Waals surface area contributed by atoms with E-state index in [0.29, 0.717) is 0 Å². The first-order valence-electron chi connectivity index (χ1n) is 17.9. The third-order valence-electron chi connectivity index (χ3n) is 11.3. The predicted octanol–water partition coefficient (Wildman–Crippen LogP) is 12.9. The maximum absolute atomic E-state index is 4.67. The number of para-hydroxylation sites is 2. The summed E-state index contributed by atoms with van der Waals surface area (Å²) in [6.07, 6.45) is 1.93. The molecule has 0 bridgehead atoms. The first-order chi connectivity index (χ1) is 25.8. The molecular formula is C49H29N3. The molecule has 0 unspecified atom stereocenters. The van der Waals surface area contributed by atoms with Gasteiger partial charge in [-0.05, 0) is 105 Å². The molecule has 0 radical (unpaired) electrons. The number of nitrogens with zero attached hydrogens (tertiary/aromatic N) is 3. The van der Waals surface area contributed by atoms with Crippen molar-refractivity contribution in [2.75, 3.05) is 0 Å². The van der Waals surface area contributed by atoms with Crippen LogP contribution in [0.1, 0.15) is 0 Å². The van der Waals surface area contributed by atoms with Crippen molar-refractivity contribution >= 4 is 65.3 Å². The molecule has 240 valence electrons. The van der Waals surface area contributed by atoms with Gasteiger partial charge in [-0.25, -0.2) is 0 Å². The van der Waals surface area contributed by atoms with Gasteiger partial charge in [0.05, 0.1) is 27.6 Å². The topological polar surface area (TPSA) is 22.8 Å². The lowest BCUT2D eigenvalue weighted by Gasteiger charge is -2.11. The van der Waals surface area contributed by atoms with E-state index in [0.717, 1.165) is 11.2 Å². The molecule has 3 nitrogen and oxygen atoms in total. The summed E-state index contributed by atoms with van der Waals surface area (Å²) in [6, 6.07) is 62.3. The highest BCUT2D eigenvalue weighted by atomic mass is 15.0. The molecule has 0 saturated carbocycles. The molecule has 0 N–H and O–H groups in total. The van der Waals surface area contributed by atoms with Crippen molar-refractivity contribution in [3.63, 3.8) is 0 Å². The van der Waals surface area contributed by atoms with Crippen molar-refractivity contribution in [3.05, 3.63) is 176 Å². The zero-order valence-electron chi connectivity index (χ0n) is 28.1. The highest BCUT2D eigenvalue weighted by Crippen LogP contribution is 2.48. The molecule has 0 fully saturated rings. The van der Waals surface area contributed by atoms with Gasteiger partial charge in [-0.2, -0.15) is 0 Å². The Bertz CT molecular complexity index is 3280. The minimum atomic E-state index is 1.05. The van der Waals surface area contributed by atoms with Crippen LogP contribution in [0.25, 0.3) is 110 Å². The summed E-state index contributed by atoms with van der Waals surface area (Å²) >= 11 is 0. The van der Waals surface area contributed by atoms with Crippen LogP contribution in [0.5, 0.6) is 0 Å². The monoisotopic (exact) mass is 659 g/mol. The van der Waals surface area contributed by atoms with Gasteiger partial charge < -0.3 is 9.13 Å². The molecule has 8 aromatic carbocycles. The minimum absolute atomic E-state index is 1.05. The van der Waals surface area contributed by atoms with Gasteiger partial charge >= 0.3 is 0 Å². The SMILES string of the molecule is c1ccc(-n2c3ccc(-c4ccc5c(c4)c4ccccc4n5-c4ccc5c(c4)-c4ccnc6cccc-5c46)cc3c3ccc4ccccc4c32)cc1. The van der Waals surface area contributed by atoms with Crippen LogP contribution >= 0.6 is 0 Å². The van der Waals surface area contributed by atoms with Gasteiger partial charge in [0.15, 0.2) is 0 Å². The molecule has 52 heavy (non-hydrogen) atoms. The lowest BCUT2D eigenvalue weighted by Crippen LogP contribution is -1.94. The van der Waals surface area contributed by atoms with Crippen molar-refractivity contribution in [2.45, 2.75) is 0 Å². The third-order valence-corrected chi connectivity index (χ3v) is 11.3. The van der Waals surface area contributed by atoms with Gasteiger partial charge in [0.2, 0.25) is 0 Å². The largest absolute Gasteiger partial charge is 0.309 e. The van der Waals surface area contributed by atoms with Gasteiger partial charge in [0, 0.05) is 49.9 Å². The summed E-state index contributed by atoms with van der Waals surface area (Å²) in [7, 11) is 0. The number of benzene rings is 8. The first-order valence-corrected chi connectivity index (χ1v) is 17.9. The normalized spacial score (nSPS) is 12.2. The van der Waals surface area contributed by atoms with Gasteiger partial charge in [-0.1, -0.05) is 103 Å². The third kappa shape index (κ3) is 3.72. The number of aromatic nitrogens is 3. The van der Waals surface area contributed by atoms with Crippen LogP contribution in [-0.2, 0) is 0 Å². The van der Waals surface area contributed by atoms with Crippen molar-refractivity contribution in [2.24, 2.45) is 0 Å². The highest BCUT2D eigenvalue weighted by Gasteiger charge is 2.23. The molecule has 0 amide bonds. The summed E-state index contributed by atoms with van der Waals surface area (Å²) in [5.74, 6) is 0. The van der Waals surface area contributed by atoms with Crippen LogP contribution < -0.4 is 0 Å². The molecule has 1 aliphatic rings. The summed E-state index contributed by atoms with van der Waals surface area (Å²) in [6.45, 7) is 0. The molecule has 0 saturated heterocycles. The quantitative estimate of drug-likeness (QED) is 0.185. The average Bonchev–Trinajstić information content (AvgIpc) is 3.84.